The predicted octanol–water partition coefficient (Wildman–Crippen LogP) is 1.30. The number of thiocarbonyl (C=S) groups is 1. The van der Waals surface area contributed by atoms with E-state index in [1.165, 1.54) is 0 Å². The van der Waals surface area contributed by atoms with E-state index in [2.05, 4.69) is 28.3 Å². The van der Waals surface area contributed by atoms with Crippen LogP contribution in [0.4, 0.5) is 5.82 Å². The van der Waals surface area contributed by atoms with Gasteiger partial charge in [0.2, 0.25) is 0 Å². The van der Waals surface area contributed by atoms with Gasteiger partial charge in [-0.3, -0.25) is 0 Å². The van der Waals surface area contributed by atoms with Gasteiger partial charge in [0.1, 0.15) is 4.99 Å². The van der Waals surface area contributed by atoms with Crippen molar-refractivity contribution >= 4 is 34.8 Å². The second kappa shape index (κ2) is 6.00. The maximum atomic E-state index is 5.66. The van der Waals surface area contributed by atoms with E-state index in [1.54, 1.807) is 24.0 Å². The highest BCUT2D eigenvalue weighted by atomic mass is 32.2. The van der Waals surface area contributed by atoms with Gasteiger partial charge in [0.15, 0.2) is 5.82 Å². The largest absolute Gasteiger partial charge is 0.389 e. The summed E-state index contributed by atoms with van der Waals surface area (Å²) in [5, 5.41) is 7.98. The molecule has 0 saturated heterocycles. The molecule has 16 heavy (non-hydrogen) atoms. The summed E-state index contributed by atoms with van der Waals surface area (Å²) in [7, 11) is 1.98. The number of nitrogens with zero attached hydrogens (tertiary/aromatic N) is 3. The Morgan fingerprint density at radius 2 is 2.38 bits per heavy atom. The van der Waals surface area contributed by atoms with Gasteiger partial charge in [0, 0.05) is 18.8 Å². The Kier molecular flexibility index (Phi) is 4.95. The second-order valence-corrected chi connectivity index (χ2v) is 4.90. The molecule has 0 aliphatic carbocycles. The lowest BCUT2D eigenvalue weighted by Crippen LogP contribution is -2.33. The molecule has 1 unspecified atom stereocenters. The standard InChI is InChI=1S/C10H16N4S2/c1-7(6-16-3)14(2)10-8(9(11)15)4-5-12-13-10/h4-5,7H,6H2,1-3H3,(H2,11,15). The van der Waals surface area contributed by atoms with Crippen LogP contribution < -0.4 is 10.6 Å². The summed E-state index contributed by atoms with van der Waals surface area (Å²) in [6.45, 7) is 2.13. The Morgan fingerprint density at radius 1 is 1.69 bits per heavy atom. The smallest absolute Gasteiger partial charge is 0.161 e. The minimum Gasteiger partial charge on any atom is -0.389 e. The van der Waals surface area contributed by atoms with Crippen LogP contribution in [-0.2, 0) is 0 Å². The molecule has 0 aliphatic rings. The molecule has 0 saturated carbocycles. The Labute approximate surface area is 106 Å². The fourth-order valence-electron chi connectivity index (χ4n) is 1.34. The summed E-state index contributed by atoms with van der Waals surface area (Å²) in [5.41, 5.74) is 6.44. The topological polar surface area (TPSA) is 55.0 Å². The number of hydrogen-bond donors (Lipinski definition) is 1. The number of rotatable bonds is 5. The maximum absolute atomic E-state index is 5.66. The highest BCUT2D eigenvalue weighted by Crippen LogP contribution is 2.18. The quantitative estimate of drug-likeness (QED) is 0.801. The summed E-state index contributed by atoms with van der Waals surface area (Å²) >= 11 is 6.79. The third-order valence-electron chi connectivity index (χ3n) is 2.37. The molecular weight excluding hydrogens is 240 g/mol. The molecule has 4 nitrogen and oxygen atoms in total. The normalized spacial score (nSPS) is 12.2. The van der Waals surface area contributed by atoms with Crippen LogP contribution in [0.1, 0.15) is 12.5 Å². The Balaban J connectivity index is 2.98. The lowest BCUT2D eigenvalue weighted by atomic mass is 10.2. The molecule has 0 aromatic carbocycles. The summed E-state index contributed by atoms with van der Waals surface area (Å²) in [6.07, 6.45) is 3.68. The van der Waals surface area contributed by atoms with Crippen LogP contribution in [0.3, 0.4) is 0 Å². The highest BCUT2D eigenvalue weighted by Gasteiger charge is 2.16. The van der Waals surface area contributed by atoms with Crippen molar-refractivity contribution in [2.45, 2.75) is 13.0 Å². The van der Waals surface area contributed by atoms with Gasteiger partial charge >= 0.3 is 0 Å². The molecule has 1 rings (SSSR count). The summed E-state index contributed by atoms with van der Waals surface area (Å²) in [5.74, 6) is 1.76. The van der Waals surface area contributed by atoms with Crippen molar-refractivity contribution in [3.8, 4) is 0 Å². The number of nitrogens with two attached hydrogens (primary N) is 1. The summed E-state index contributed by atoms with van der Waals surface area (Å²) < 4.78 is 0. The van der Waals surface area contributed by atoms with Gasteiger partial charge in [-0.05, 0) is 19.2 Å². The van der Waals surface area contributed by atoms with Gasteiger partial charge in [0.05, 0.1) is 11.8 Å². The Morgan fingerprint density at radius 3 is 2.94 bits per heavy atom. The van der Waals surface area contributed by atoms with Gasteiger partial charge in [-0.25, -0.2) is 0 Å². The zero-order chi connectivity index (χ0) is 12.1. The molecule has 1 aromatic rings. The Bertz CT molecular complexity index is 370. The molecule has 0 aliphatic heterocycles. The lowest BCUT2D eigenvalue weighted by Gasteiger charge is -2.26. The van der Waals surface area contributed by atoms with Gasteiger partial charge in [-0.2, -0.15) is 16.9 Å². The fraction of sp³-hybridized carbons (Fsp3) is 0.500. The fourth-order valence-corrected chi connectivity index (χ4v) is 2.20. The minimum absolute atomic E-state index is 0.355. The molecular formula is C10H16N4S2. The first-order valence-electron chi connectivity index (χ1n) is 4.91. The van der Waals surface area contributed by atoms with Crippen LogP contribution in [0.5, 0.6) is 0 Å². The molecule has 1 aromatic heterocycles. The highest BCUT2D eigenvalue weighted by molar-refractivity contribution is 7.98. The number of aromatic nitrogens is 2. The first-order valence-corrected chi connectivity index (χ1v) is 6.71. The maximum Gasteiger partial charge on any atom is 0.161 e. The monoisotopic (exact) mass is 256 g/mol. The first-order chi connectivity index (χ1) is 7.57. The van der Waals surface area contributed by atoms with Crippen LogP contribution >= 0.6 is 24.0 Å². The zero-order valence-electron chi connectivity index (χ0n) is 9.67. The van der Waals surface area contributed by atoms with E-state index in [0.29, 0.717) is 11.0 Å². The zero-order valence-corrected chi connectivity index (χ0v) is 11.3. The molecule has 6 heteroatoms. The van der Waals surface area contributed by atoms with E-state index in [4.69, 9.17) is 18.0 Å². The SMILES string of the molecule is CSCC(C)N(C)c1nnccc1C(N)=S. The van der Waals surface area contributed by atoms with Crippen molar-refractivity contribution in [3.63, 3.8) is 0 Å². The van der Waals surface area contributed by atoms with E-state index in [9.17, 15) is 0 Å². The predicted molar refractivity (Wildman–Crippen MR) is 74.2 cm³/mol. The van der Waals surface area contributed by atoms with Crippen molar-refractivity contribution in [2.24, 2.45) is 5.73 Å². The molecule has 0 spiro atoms. The first kappa shape index (κ1) is 13.2. The third-order valence-corrected chi connectivity index (χ3v) is 3.41. The second-order valence-electron chi connectivity index (χ2n) is 3.55. The van der Waals surface area contributed by atoms with Gasteiger partial charge in [-0.15, -0.1) is 5.10 Å². The van der Waals surface area contributed by atoms with E-state index in [0.717, 1.165) is 17.1 Å². The molecule has 0 radical (unpaired) electrons. The minimum atomic E-state index is 0.355. The molecule has 1 atom stereocenters. The van der Waals surface area contributed by atoms with Crippen molar-refractivity contribution in [2.75, 3.05) is 24.0 Å². The van der Waals surface area contributed by atoms with Crippen LogP contribution in [-0.4, -0.2) is 40.3 Å². The van der Waals surface area contributed by atoms with Crippen molar-refractivity contribution in [3.05, 3.63) is 17.8 Å². The van der Waals surface area contributed by atoms with Crippen LogP contribution in [0.2, 0.25) is 0 Å². The van der Waals surface area contributed by atoms with Gasteiger partial charge in [0.25, 0.3) is 0 Å². The van der Waals surface area contributed by atoms with E-state index in [1.807, 2.05) is 7.05 Å². The number of anilines is 1. The van der Waals surface area contributed by atoms with Crippen molar-refractivity contribution < 1.29 is 0 Å². The van der Waals surface area contributed by atoms with Gasteiger partial charge < -0.3 is 10.6 Å². The van der Waals surface area contributed by atoms with Crippen LogP contribution in [0.15, 0.2) is 12.3 Å². The molecule has 1 heterocycles. The third kappa shape index (κ3) is 3.05. The number of hydrogen-bond acceptors (Lipinski definition) is 5. The number of thioether (sulfide) groups is 1. The van der Waals surface area contributed by atoms with Crippen molar-refractivity contribution in [1.82, 2.24) is 10.2 Å². The summed E-state index contributed by atoms with van der Waals surface area (Å²) in [6, 6.07) is 2.16. The molecule has 0 amide bonds. The Hall–Kier alpha value is -0.880. The van der Waals surface area contributed by atoms with E-state index < -0.39 is 0 Å². The van der Waals surface area contributed by atoms with E-state index >= 15 is 0 Å². The molecule has 2 N–H and O–H groups in total. The molecule has 0 fully saturated rings. The van der Waals surface area contributed by atoms with Crippen LogP contribution in [0, 0.1) is 0 Å². The average Bonchev–Trinajstić information content (AvgIpc) is 2.28. The van der Waals surface area contributed by atoms with Crippen LogP contribution in [0.25, 0.3) is 0 Å². The summed E-state index contributed by atoms with van der Waals surface area (Å²) in [4.78, 5) is 2.41. The average molecular weight is 256 g/mol. The van der Waals surface area contributed by atoms with E-state index in [-0.39, 0.29) is 0 Å². The van der Waals surface area contributed by atoms with Crippen molar-refractivity contribution in [1.29, 1.82) is 0 Å². The molecule has 88 valence electrons. The lowest BCUT2D eigenvalue weighted by molar-refractivity contribution is 0.742. The molecule has 0 bridgehead atoms. The van der Waals surface area contributed by atoms with Gasteiger partial charge in [-0.1, -0.05) is 12.2 Å².